The molecular formula is C13H12F3NO. The van der Waals surface area contributed by atoms with Gasteiger partial charge in [-0.1, -0.05) is 0 Å². The van der Waals surface area contributed by atoms with Crippen LogP contribution >= 0.6 is 0 Å². The van der Waals surface area contributed by atoms with Gasteiger partial charge in [-0.3, -0.25) is 0 Å². The van der Waals surface area contributed by atoms with Gasteiger partial charge in [-0.2, -0.15) is 18.4 Å². The molecule has 5 heteroatoms. The van der Waals surface area contributed by atoms with Crippen LogP contribution in [0.3, 0.4) is 0 Å². The first-order valence-electron chi connectivity index (χ1n) is 5.62. The number of benzene rings is 1. The number of rotatable bonds is 4. The van der Waals surface area contributed by atoms with Crippen molar-refractivity contribution in [3.8, 4) is 11.8 Å². The van der Waals surface area contributed by atoms with Crippen molar-refractivity contribution < 1.29 is 17.9 Å². The molecule has 0 atom stereocenters. The Morgan fingerprint density at radius 2 is 1.83 bits per heavy atom. The summed E-state index contributed by atoms with van der Waals surface area (Å²) < 4.78 is 42.4. The lowest BCUT2D eigenvalue weighted by molar-refractivity contribution is -0.137. The van der Waals surface area contributed by atoms with Crippen molar-refractivity contribution in [3.63, 3.8) is 0 Å². The summed E-state index contributed by atoms with van der Waals surface area (Å²) in [4.78, 5) is 0. The first-order valence-corrected chi connectivity index (χ1v) is 5.62. The molecule has 1 aromatic rings. The van der Waals surface area contributed by atoms with E-state index in [1.807, 2.05) is 0 Å². The van der Waals surface area contributed by atoms with Gasteiger partial charge in [-0.25, -0.2) is 0 Å². The second kappa shape index (κ2) is 4.52. The number of nitriles is 1. The van der Waals surface area contributed by atoms with E-state index in [2.05, 4.69) is 6.07 Å². The summed E-state index contributed by atoms with van der Waals surface area (Å²) in [6.45, 7) is 0.395. The Bertz CT molecular complexity index is 455. The van der Waals surface area contributed by atoms with E-state index in [0.717, 1.165) is 25.0 Å². The fourth-order valence-corrected chi connectivity index (χ4v) is 1.69. The largest absolute Gasteiger partial charge is 0.493 e. The van der Waals surface area contributed by atoms with E-state index in [-0.39, 0.29) is 5.41 Å². The summed E-state index contributed by atoms with van der Waals surface area (Å²) >= 11 is 0. The summed E-state index contributed by atoms with van der Waals surface area (Å²) in [7, 11) is 0. The molecule has 1 saturated carbocycles. The average molecular weight is 255 g/mol. The van der Waals surface area contributed by atoms with E-state index in [0.29, 0.717) is 18.8 Å². The highest BCUT2D eigenvalue weighted by Gasteiger charge is 2.43. The van der Waals surface area contributed by atoms with Crippen LogP contribution in [0.4, 0.5) is 13.2 Å². The molecule has 0 radical (unpaired) electrons. The van der Waals surface area contributed by atoms with Gasteiger partial charge in [0.2, 0.25) is 0 Å². The van der Waals surface area contributed by atoms with Gasteiger partial charge in [0.1, 0.15) is 5.75 Å². The predicted octanol–water partition coefficient (Wildman–Crippen LogP) is 3.78. The lowest BCUT2D eigenvalue weighted by Crippen LogP contribution is -2.12. The van der Waals surface area contributed by atoms with Crippen LogP contribution in [0.15, 0.2) is 24.3 Å². The third kappa shape index (κ3) is 2.95. The van der Waals surface area contributed by atoms with Crippen LogP contribution in [0.5, 0.6) is 5.75 Å². The normalized spacial score (nSPS) is 17.0. The number of hydrogen-bond donors (Lipinski definition) is 0. The highest BCUT2D eigenvalue weighted by Crippen LogP contribution is 2.48. The molecule has 1 aromatic carbocycles. The predicted molar refractivity (Wildman–Crippen MR) is 58.8 cm³/mol. The van der Waals surface area contributed by atoms with Gasteiger partial charge < -0.3 is 4.74 Å². The number of nitrogens with zero attached hydrogens (tertiary/aromatic N) is 1. The van der Waals surface area contributed by atoms with E-state index < -0.39 is 11.7 Å². The van der Waals surface area contributed by atoms with Crippen LogP contribution in [-0.2, 0) is 6.18 Å². The molecule has 1 aliphatic carbocycles. The third-order valence-corrected chi connectivity index (χ3v) is 3.14. The van der Waals surface area contributed by atoms with Gasteiger partial charge >= 0.3 is 6.18 Å². The quantitative estimate of drug-likeness (QED) is 0.820. The first-order chi connectivity index (χ1) is 8.45. The molecule has 1 aliphatic rings. The maximum atomic E-state index is 12.3. The number of alkyl halides is 3. The van der Waals surface area contributed by atoms with E-state index in [1.165, 1.54) is 12.1 Å². The first kappa shape index (κ1) is 12.7. The molecular weight excluding hydrogens is 243 g/mol. The number of hydrogen-bond acceptors (Lipinski definition) is 2. The number of ether oxygens (including phenoxy) is 1. The van der Waals surface area contributed by atoms with Crippen LogP contribution in [0.2, 0.25) is 0 Å². The maximum absolute atomic E-state index is 12.3. The highest BCUT2D eigenvalue weighted by atomic mass is 19.4. The van der Waals surface area contributed by atoms with Gasteiger partial charge in [0.15, 0.2) is 0 Å². The Hall–Kier alpha value is -1.70. The third-order valence-electron chi connectivity index (χ3n) is 3.14. The Morgan fingerprint density at radius 1 is 1.22 bits per heavy atom. The van der Waals surface area contributed by atoms with Crippen molar-refractivity contribution in [2.75, 3.05) is 6.61 Å². The number of halogens is 3. The zero-order valence-corrected chi connectivity index (χ0v) is 9.63. The van der Waals surface area contributed by atoms with Crippen molar-refractivity contribution in [3.05, 3.63) is 29.8 Å². The van der Waals surface area contributed by atoms with Crippen molar-refractivity contribution in [2.45, 2.75) is 25.4 Å². The van der Waals surface area contributed by atoms with E-state index in [4.69, 9.17) is 10.00 Å². The fraction of sp³-hybridized carbons (Fsp3) is 0.462. The van der Waals surface area contributed by atoms with Crippen LogP contribution in [0.25, 0.3) is 0 Å². The lowest BCUT2D eigenvalue weighted by atomic mass is 10.1. The SMILES string of the molecule is N#CCC1(COc2ccc(C(F)(F)F)cc2)CC1. The van der Waals surface area contributed by atoms with Crippen molar-refractivity contribution in [2.24, 2.45) is 5.41 Å². The minimum absolute atomic E-state index is 0.0720. The zero-order valence-electron chi connectivity index (χ0n) is 9.63. The van der Waals surface area contributed by atoms with E-state index >= 15 is 0 Å². The van der Waals surface area contributed by atoms with E-state index in [9.17, 15) is 13.2 Å². The summed E-state index contributed by atoms with van der Waals surface area (Å²) in [5, 5.41) is 8.63. The molecule has 2 rings (SSSR count). The molecule has 0 heterocycles. The smallest absolute Gasteiger partial charge is 0.416 e. The van der Waals surface area contributed by atoms with Gasteiger partial charge in [0, 0.05) is 11.8 Å². The molecule has 0 N–H and O–H groups in total. The molecule has 0 aliphatic heterocycles. The van der Waals surface area contributed by atoms with Crippen LogP contribution < -0.4 is 4.74 Å². The highest BCUT2D eigenvalue weighted by molar-refractivity contribution is 5.29. The Balaban J connectivity index is 1.93. The standard InChI is InChI=1S/C13H12F3NO/c14-13(15,16)10-1-3-11(4-2-10)18-9-12(5-6-12)7-8-17/h1-4H,5-7,9H2. The molecule has 0 spiro atoms. The van der Waals surface area contributed by atoms with E-state index in [1.54, 1.807) is 0 Å². The van der Waals surface area contributed by atoms with Gasteiger partial charge in [0.25, 0.3) is 0 Å². The van der Waals surface area contributed by atoms with Crippen LogP contribution in [0.1, 0.15) is 24.8 Å². The molecule has 2 nitrogen and oxygen atoms in total. The van der Waals surface area contributed by atoms with Crippen LogP contribution in [0, 0.1) is 16.7 Å². The van der Waals surface area contributed by atoms with Gasteiger partial charge in [-0.05, 0) is 37.1 Å². The average Bonchev–Trinajstić information content (AvgIpc) is 3.07. The summed E-state index contributed by atoms with van der Waals surface area (Å²) in [5.74, 6) is 0.409. The molecule has 0 bridgehead atoms. The Kier molecular flexibility index (Phi) is 3.20. The molecule has 18 heavy (non-hydrogen) atoms. The fourth-order valence-electron chi connectivity index (χ4n) is 1.69. The molecule has 0 amide bonds. The van der Waals surface area contributed by atoms with Gasteiger partial charge in [0.05, 0.1) is 18.2 Å². The minimum atomic E-state index is -4.32. The molecule has 1 fully saturated rings. The lowest BCUT2D eigenvalue weighted by Gasteiger charge is -2.13. The monoisotopic (exact) mass is 255 g/mol. The second-order valence-electron chi connectivity index (χ2n) is 4.65. The zero-order chi connectivity index (χ0) is 13.2. The van der Waals surface area contributed by atoms with Crippen molar-refractivity contribution >= 4 is 0 Å². The molecule has 0 aromatic heterocycles. The van der Waals surface area contributed by atoms with Gasteiger partial charge in [-0.15, -0.1) is 0 Å². The maximum Gasteiger partial charge on any atom is 0.416 e. The molecule has 0 unspecified atom stereocenters. The minimum Gasteiger partial charge on any atom is -0.493 e. The summed E-state index contributed by atoms with van der Waals surface area (Å²) in [6, 6.07) is 6.73. The van der Waals surface area contributed by atoms with Crippen molar-refractivity contribution in [1.82, 2.24) is 0 Å². The molecule has 0 saturated heterocycles. The summed E-state index contributed by atoms with van der Waals surface area (Å²) in [6.07, 6.45) is -1.99. The Labute approximate surface area is 103 Å². The van der Waals surface area contributed by atoms with Crippen LogP contribution in [-0.4, -0.2) is 6.61 Å². The van der Waals surface area contributed by atoms with Crippen molar-refractivity contribution in [1.29, 1.82) is 5.26 Å². The second-order valence-corrected chi connectivity index (χ2v) is 4.65. The summed E-state index contributed by atoms with van der Waals surface area (Å²) in [5.41, 5.74) is -0.759. The molecule has 96 valence electrons. The Morgan fingerprint density at radius 3 is 2.28 bits per heavy atom. The topological polar surface area (TPSA) is 33.0 Å².